The average molecular weight is 360 g/mol. The van der Waals surface area contributed by atoms with Gasteiger partial charge in [0.05, 0.1) is 13.2 Å². The van der Waals surface area contributed by atoms with Crippen molar-refractivity contribution in [2.45, 2.75) is 31.5 Å². The molecule has 0 aliphatic carbocycles. The summed E-state index contributed by atoms with van der Waals surface area (Å²) in [7, 11) is 1.09. The molecule has 1 aliphatic heterocycles. The minimum atomic E-state index is -4.40. The molecule has 1 amide bonds. The molecule has 0 spiro atoms. The molecule has 8 heteroatoms. The van der Waals surface area contributed by atoms with Crippen LogP contribution in [-0.2, 0) is 9.53 Å². The number of halogens is 3. The maximum atomic E-state index is 13.1. The van der Waals surface area contributed by atoms with E-state index in [1.165, 1.54) is 0 Å². The third-order valence-corrected chi connectivity index (χ3v) is 4.39. The van der Waals surface area contributed by atoms with Crippen LogP contribution in [-0.4, -0.2) is 55.9 Å². The lowest BCUT2D eigenvalue weighted by molar-refractivity contribution is -0.282. The number of alkyl halides is 3. The molecule has 1 aromatic rings. The van der Waals surface area contributed by atoms with Crippen LogP contribution in [0.1, 0.15) is 19.8 Å². The molecule has 0 bridgehead atoms. The Bertz CT molecular complexity index is 567. The van der Waals surface area contributed by atoms with Crippen LogP contribution in [0, 0.1) is 0 Å². The number of ether oxygens (including phenoxy) is 2. The SMILES string of the molecule is CCOc1ccc(NC(=O)CN2CCC(OC)(C(F)(F)F)CC2)cc1. The molecule has 0 atom stereocenters. The first-order chi connectivity index (χ1) is 11.8. The molecule has 5 nitrogen and oxygen atoms in total. The fraction of sp³-hybridized carbons (Fsp3) is 0.588. The summed E-state index contributed by atoms with van der Waals surface area (Å²) in [6, 6.07) is 6.93. The number of hydrogen-bond acceptors (Lipinski definition) is 4. The summed E-state index contributed by atoms with van der Waals surface area (Å²) in [5.74, 6) is 0.445. The number of methoxy groups -OCH3 is 1. The maximum Gasteiger partial charge on any atom is 0.417 e. The van der Waals surface area contributed by atoms with Crippen LogP contribution in [0.3, 0.4) is 0 Å². The molecule has 1 N–H and O–H groups in total. The van der Waals surface area contributed by atoms with E-state index in [0.717, 1.165) is 7.11 Å². The highest BCUT2D eigenvalue weighted by Crippen LogP contribution is 2.41. The zero-order valence-corrected chi connectivity index (χ0v) is 14.4. The van der Waals surface area contributed by atoms with Crippen molar-refractivity contribution in [1.29, 1.82) is 0 Å². The predicted octanol–water partition coefficient (Wildman–Crippen LogP) is 3.07. The number of carbonyl (C=O) groups is 1. The van der Waals surface area contributed by atoms with E-state index in [2.05, 4.69) is 5.32 Å². The summed E-state index contributed by atoms with van der Waals surface area (Å²) in [6.45, 7) is 2.80. The first-order valence-corrected chi connectivity index (χ1v) is 8.16. The van der Waals surface area contributed by atoms with Gasteiger partial charge in [0.15, 0.2) is 5.60 Å². The Morgan fingerprint density at radius 1 is 1.24 bits per heavy atom. The van der Waals surface area contributed by atoms with Gasteiger partial charge in [0, 0.05) is 25.9 Å². The number of amides is 1. The lowest BCUT2D eigenvalue weighted by atomic mass is 9.90. The van der Waals surface area contributed by atoms with E-state index in [0.29, 0.717) is 18.0 Å². The van der Waals surface area contributed by atoms with E-state index >= 15 is 0 Å². The second kappa shape index (κ2) is 8.05. The van der Waals surface area contributed by atoms with Crippen LogP contribution >= 0.6 is 0 Å². The minimum absolute atomic E-state index is 0.0465. The molecule has 25 heavy (non-hydrogen) atoms. The first-order valence-electron chi connectivity index (χ1n) is 8.16. The van der Waals surface area contributed by atoms with Crippen molar-refractivity contribution in [3.8, 4) is 5.75 Å². The number of piperidine rings is 1. The Morgan fingerprint density at radius 2 is 1.84 bits per heavy atom. The van der Waals surface area contributed by atoms with E-state index in [-0.39, 0.29) is 38.4 Å². The summed E-state index contributed by atoms with van der Waals surface area (Å²) in [5.41, 5.74) is -1.48. The topological polar surface area (TPSA) is 50.8 Å². The van der Waals surface area contributed by atoms with Gasteiger partial charge < -0.3 is 14.8 Å². The van der Waals surface area contributed by atoms with E-state index in [4.69, 9.17) is 9.47 Å². The van der Waals surface area contributed by atoms with Gasteiger partial charge >= 0.3 is 6.18 Å². The highest BCUT2D eigenvalue weighted by Gasteiger charge is 2.56. The zero-order valence-electron chi connectivity index (χ0n) is 14.4. The van der Waals surface area contributed by atoms with Crippen molar-refractivity contribution in [1.82, 2.24) is 4.90 Å². The van der Waals surface area contributed by atoms with Crippen molar-refractivity contribution >= 4 is 11.6 Å². The fourth-order valence-electron chi connectivity index (χ4n) is 2.88. The molecule has 0 unspecified atom stereocenters. The van der Waals surface area contributed by atoms with Gasteiger partial charge in [-0.15, -0.1) is 0 Å². The number of likely N-dealkylation sites (tertiary alicyclic amines) is 1. The molecule has 1 fully saturated rings. The van der Waals surface area contributed by atoms with Crippen molar-refractivity contribution in [2.24, 2.45) is 0 Å². The van der Waals surface area contributed by atoms with Crippen molar-refractivity contribution in [3.05, 3.63) is 24.3 Å². The van der Waals surface area contributed by atoms with E-state index in [9.17, 15) is 18.0 Å². The van der Waals surface area contributed by atoms with Gasteiger partial charge in [-0.3, -0.25) is 9.69 Å². The fourth-order valence-corrected chi connectivity index (χ4v) is 2.88. The summed E-state index contributed by atoms with van der Waals surface area (Å²) < 4.78 is 49.5. The number of nitrogens with zero attached hydrogens (tertiary/aromatic N) is 1. The van der Waals surface area contributed by atoms with Crippen molar-refractivity contribution < 1.29 is 27.4 Å². The van der Waals surface area contributed by atoms with Crippen LogP contribution in [0.2, 0.25) is 0 Å². The molecular weight excluding hydrogens is 337 g/mol. The molecule has 0 aromatic heterocycles. The Labute approximate surface area is 145 Å². The average Bonchev–Trinajstić information content (AvgIpc) is 2.56. The molecule has 2 rings (SSSR count). The molecule has 1 saturated heterocycles. The highest BCUT2D eigenvalue weighted by molar-refractivity contribution is 5.92. The Morgan fingerprint density at radius 3 is 2.32 bits per heavy atom. The van der Waals surface area contributed by atoms with Gasteiger partial charge in [0.2, 0.25) is 5.91 Å². The van der Waals surface area contributed by atoms with Gasteiger partial charge in [-0.05, 0) is 44.0 Å². The van der Waals surface area contributed by atoms with Crippen LogP contribution in [0.4, 0.5) is 18.9 Å². The molecule has 140 valence electrons. The molecule has 0 saturated carbocycles. The third kappa shape index (κ3) is 4.85. The summed E-state index contributed by atoms with van der Waals surface area (Å²) in [5, 5.41) is 2.73. The molecule has 1 aromatic carbocycles. The normalized spacial score (nSPS) is 18.0. The summed E-state index contributed by atoms with van der Waals surface area (Å²) in [4.78, 5) is 13.8. The van der Waals surface area contributed by atoms with E-state index < -0.39 is 11.8 Å². The predicted molar refractivity (Wildman–Crippen MR) is 87.7 cm³/mol. The molecule has 0 radical (unpaired) electrons. The number of hydrogen-bond donors (Lipinski definition) is 1. The molecule has 1 heterocycles. The number of benzene rings is 1. The third-order valence-electron chi connectivity index (χ3n) is 4.39. The van der Waals surface area contributed by atoms with Crippen LogP contribution in [0.5, 0.6) is 5.75 Å². The first kappa shape index (κ1) is 19.5. The van der Waals surface area contributed by atoms with Gasteiger partial charge in [-0.2, -0.15) is 13.2 Å². The van der Waals surface area contributed by atoms with Gasteiger partial charge in [0.25, 0.3) is 0 Å². The largest absolute Gasteiger partial charge is 0.494 e. The lowest BCUT2D eigenvalue weighted by Crippen LogP contribution is -2.55. The number of carbonyl (C=O) groups excluding carboxylic acids is 1. The number of nitrogens with one attached hydrogen (secondary N) is 1. The second-order valence-corrected chi connectivity index (χ2v) is 5.98. The van der Waals surface area contributed by atoms with Crippen LogP contribution < -0.4 is 10.1 Å². The second-order valence-electron chi connectivity index (χ2n) is 5.98. The summed E-state index contributed by atoms with van der Waals surface area (Å²) >= 11 is 0. The number of anilines is 1. The Kier molecular flexibility index (Phi) is 6.29. The van der Waals surface area contributed by atoms with Gasteiger partial charge in [0.1, 0.15) is 5.75 Å². The van der Waals surface area contributed by atoms with E-state index in [1.807, 2.05) is 6.92 Å². The summed E-state index contributed by atoms with van der Waals surface area (Å²) in [6.07, 6.45) is -4.76. The van der Waals surface area contributed by atoms with Gasteiger partial charge in [-0.1, -0.05) is 0 Å². The molecular formula is C17H23F3N2O3. The monoisotopic (exact) mass is 360 g/mol. The molecule has 1 aliphatic rings. The van der Waals surface area contributed by atoms with Crippen molar-refractivity contribution in [3.63, 3.8) is 0 Å². The Balaban J connectivity index is 1.84. The van der Waals surface area contributed by atoms with Crippen LogP contribution in [0.25, 0.3) is 0 Å². The standard InChI is InChI=1S/C17H23F3N2O3/c1-3-25-14-6-4-13(5-7-14)21-15(23)12-22-10-8-16(24-2,9-11-22)17(18,19)20/h4-7H,3,8-12H2,1-2H3,(H,21,23). The number of rotatable bonds is 6. The maximum absolute atomic E-state index is 13.1. The zero-order chi connectivity index (χ0) is 18.5. The minimum Gasteiger partial charge on any atom is -0.494 e. The van der Waals surface area contributed by atoms with Gasteiger partial charge in [-0.25, -0.2) is 0 Å². The van der Waals surface area contributed by atoms with Crippen molar-refractivity contribution in [2.75, 3.05) is 38.7 Å². The van der Waals surface area contributed by atoms with E-state index in [1.54, 1.807) is 29.2 Å². The lowest BCUT2D eigenvalue weighted by Gasteiger charge is -2.41. The smallest absolute Gasteiger partial charge is 0.417 e. The van der Waals surface area contributed by atoms with Crippen LogP contribution in [0.15, 0.2) is 24.3 Å². The quantitative estimate of drug-likeness (QED) is 0.847. The Hall–Kier alpha value is -1.80. The highest BCUT2D eigenvalue weighted by atomic mass is 19.4.